The molecule has 6 nitrogen and oxygen atoms in total. The van der Waals surface area contributed by atoms with Gasteiger partial charge in [-0.25, -0.2) is 8.42 Å². The summed E-state index contributed by atoms with van der Waals surface area (Å²) in [5, 5.41) is 8.76. The maximum Gasteiger partial charge on any atom is 0.249 e. The fourth-order valence-electron chi connectivity index (χ4n) is 3.22. The molecule has 128 valence electrons. The number of sulfone groups is 1. The Morgan fingerprint density at radius 2 is 2.04 bits per heavy atom. The zero-order valence-electron chi connectivity index (χ0n) is 13.1. The summed E-state index contributed by atoms with van der Waals surface area (Å²) in [6.45, 7) is 1.00. The number of halogens is 1. The number of aromatic nitrogens is 2. The lowest BCUT2D eigenvalue weighted by Crippen LogP contribution is -2.49. The Morgan fingerprint density at radius 1 is 1.25 bits per heavy atom. The molecule has 2 heterocycles. The molecule has 1 aromatic carbocycles. The third-order valence-electron chi connectivity index (χ3n) is 4.66. The van der Waals surface area contributed by atoms with Crippen molar-refractivity contribution in [1.29, 1.82) is 0 Å². The molecule has 1 aliphatic heterocycles. The first-order valence-electron chi connectivity index (χ1n) is 8.03. The van der Waals surface area contributed by atoms with Gasteiger partial charge in [-0.15, -0.1) is 10.2 Å². The number of hydrogen-bond donors (Lipinski definition) is 0. The van der Waals surface area contributed by atoms with Gasteiger partial charge in [0.2, 0.25) is 11.8 Å². The molecule has 0 spiro atoms. The van der Waals surface area contributed by atoms with Crippen molar-refractivity contribution in [2.45, 2.75) is 25.4 Å². The van der Waals surface area contributed by atoms with E-state index in [1.807, 2.05) is 18.2 Å². The van der Waals surface area contributed by atoms with Crippen molar-refractivity contribution >= 4 is 21.4 Å². The second-order valence-corrected chi connectivity index (χ2v) is 9.11. The van der Waals surface area contributed by atoms with Crippen LogP contribution in [-0.2, 0) is 16.4 Å². The van der Waals surface area contributed by atoms with E-state index in [2.05, 4.69) is 15.1 Å². The highest BCUT2D eigenvalue weighted by atomic mass is 35.5. The molecule has 2 fully saturated rings. The second kappa shape index (κ2) is 6.13. The number of rotatable bonds is 4. The van der Waals surface area contributed by atoms with Crippen molar-refractivity contribution in [3.05, 3.63) is 35.2 Å². The van der Waals surface area contributed by atoms with E-state index in [0.717, 1.165) is 12.8 Å². The van der Waals surface area contributed by atoms with Crippen molar-refractivity contribution in [3.63, 3.8) is 0 Å². The molecular weight excluding hydrogens is 350 g/mol. The summed E-state index contributed by atoms with van der Waals surface area (Å²) >= 11 is 6.16. The topological polar surface area (TPSA) is 76.3 Å². The highest BCUT2D eigenvalue weighted by Gasteiger charge is 2.41. The van der Waals surface area contributed by atoms with Gasteiger partial charge in [0.1, 0.15) is 0 Å². The van der Waals surface area contributed by atoms with Gasteiger partial charge in [0.25, 0.3) is 0 Å². The highest BCUT2D eigenvalue weighted by Crippen LogP contribution is 2.38. The van der Waals surface area contributed by atoms with Crippen molar-refractivity contribution in [2.75, 3.05) is 18.1 Å². The van der Waals surface area contributed by atoms with E-state index in [9.17, 15) is 8.42 Å². The van der Waals surface area contributed by atoms with E-state index in [1.54, 1.807) is 6.07 Å². The Balaban J connectivity index is 1.52. The van der Waals surface area contributed by atoms with Gasteiger partial charge >= 0.3 is 0 Å². The zero-order valence-corrected chi connectivity index (χ0v) is 14.6. The molecule has 8 heteroatoms. The van der Waals surface area contributed by atoms with Gasteiger partial charge in [-0.05, 0) is 30.9 Å². The second-order valence-electron chi connectivity index (χ2n) is 6.47. The number of nitrogens with zero attached hydrogens (tertiary/aromatic N) is 3. The van der Waals surface area contributed by atoms with Crippen LogP contribution in [0.4, 0.5) is 0 Å². The molecule has 0 amide bonds. The summed E-state index contributed by atoms with van der Waals surface area (Å²) in [4.78, 5) is 2.17. The average molecular weight is 368 g/mol. The molecule has 0 radical (unpaired) electrons. The highest BCUT2D eigenvalue weighted by molar-refractivity contribution is 7.91. The molecule has 0 N–H and O–H groups in total. The summed E-state index contributed by atoms with van der Waals surface area (Å²) < 4.78 is 29.6. The maximum absolute atomic E-state index is 11.9. The fraction of sp³-hybridized carbons (Fsp3) is 0.500. The molecule has 4 rings (SSSR count). The Labute approximate surface area is 145 Å². The van der Waals surface area contributed by atoms with Gasteiger partial charge in [0.15, 0.2) is 9.84 Å². The SMILES string of the molecule is O=S1(=O)CCN(Cc2nnc(-c3ccccc3Cl)o2)C(C2CC2)C1. The molecule has 24 heavy (non-hydrogen) atoms. The predicted octanol–water partition coefficient (Wildman–Crippen LogP) is 2.40. The summed E-state index contributed by atoms with van der Waals surface area (Å²) in [6, 6.07) is 7.39. The third-order valence-corrected chi connectivity index (χ3v) is 6.64. The molecule has 1 saturated carbocycles. The van der Waals surface area contributed by atoms with Gasteiger partial charge < -0.3 is 4.42 Å². The molecule has 0 bridgehead atoms. The molecule has 1 unspecified atom stereocenters. The van der Waals surface area contributed by atoms with Crippen LogP contribution < -0.4 is 0 Å². The lowest BCUT2D eigenvalue weighted by molar-refractivity contribution is 0.169. The van der Waals surface area contributed by atoms with Gasteiger partial charge in [-0.1, -0.05) is 23.7 Å². The average Bonchev–Trinajstić information content (AvgIpc) is 3.29. The van der Waals surface area contributed by atoms with E-state index in [-0.39, 0.29) is 17.5 Å². The Kier molecular flexibility index (Phi) is 4.10. The summed E-state index contributed by atoms with van der Waals surface area (Å²) in [5.41, 5.74) is 0.706. The van der Waals surface area contributed by atoms with Crippen molar-refractivity contribution in [3.8, 4) is 11.5 Å². The smallest absolute Gasteiger partial charge is 0.249 e. The van der Waals surface area contributed by atoms with Crippen LogP contribution in [0.2, 0.25) is 5.02 Å². The van der Waals surface area contributed by atoms with Gasteiger partial charge in [-0.3, -0.25) is 4.90 Å². The standard InChI is InChI=1S/C16H18ClN3O3S/c17-13-4-2-1-3-12(13)16-19-18-15(23-16)9-20-7-8-24(21,22)10-14(20)11-5-6-11/h1-4,11,14H,5-10H2. The normalized spacial score (nSPS) is 24.1. The van der Waals surface area contributed by atoms with E-state index in [0.29, 0.717) is 41.4 Å². The van der Waals surface area contributed by atoms with Gasteiger partial charge in [0.05, 0.1) is 28.6 Å². The van der Waals surface area contributed by atoms with Crippen LogP contribution in [-0.4, -0.2) is 47.6 Å². The summed E-state index contributed by atoms with van der Waals surface area (Å²) in [6.07, 6.45) is 2.21. The molecular formula is C16H18ClN3O3S. The monoisotopic (exact) mass is 367 g/mol. The molecule has 2 aliphatic rings. The fourth-order valence-corrected chi connectivity index (χ4v) is 5.12. The summed E-state index contributed by atoms with van der Waals surface area (Å²) in [5.74, 6) is 1.80. The van der Waals surface area contributed by atoms with Crippen LogP contribution in [0.5, 0.6) is 0 Å². The minimum atomic E-state index is -2.93. The quantitative estimate of drug-likeness (QED) is 0.825. The number of benzene rings is 1. The Bertz CT molecular complexity index is 848. The molecule has 1 atom stereocenters. The largest absolute Gasteiger partial charge is 0.419 e. The summed E-state index contributed by atoms with van der Waals surface area (Å²) in [7, 11) is -2.93. The van der Waals surface area contributed by atoms with E-state index < -0.39 is 9.84 Å². The Hall–Kier alpha value is -1.44. The lowest BCUT2D eigenvalue weighted by Gasteiger charge is -2.34. The lowest BCUT2D eigenvalue weighted by atomic mass is 10.2. The van der Waals surface area contributed by atoms with Crippen LogP contribution in [0.1, 0.15) is 18.7 Å². The molecule has 1 saturated heterocycles. The van der Waals surface area contributed by atoms with Crippen LogP contribution >= 0.6 is 11.6 Å². The maximum atomic E-state index is 11.9. The minimum absolute atomic E-state index is 0.0689. The van der Waals surface area contributed by atoms with E-state index in [1.165, 1.54) is 0 Å². The molecule has 1 aromatic heterocycles. The van der Waals surface area contributed by atoms with E-state index in [4.69, 9.17) is 16.0 Å². The molecule has 1 aliphatic carbocycles. The minimum Gasteiger partial charge on any atom is -0.419 e. The first-order valence-corrected chi connectivity index (χ1v) is 10.2. The van der Waals surface area contributed by atoms with Crippen LogP contribution in [0.25, 0.3) is 11.5 Å². The van der Waals surface area contributed by atoms with Crippen molar-refractivity contribution in [2.24, 2.45) is 5.92 Å². The first-order chi connectivity index (χ1) is 11.5. The molecule has 2 aromatic rings. The van der Waals surface area contributed by atoms with Crippen molar-refractivity contribution < 1.29 is 12.8 Å². The predicted molar refractivity (Wildman–Crippen MR) is 90.3 cm³/mol. The zero-order chi connectivity index (χ0) is 16.7. The number of hydrogen-bond acceptors (Lipinski definition) is 6. The van der Waals surface area contributed by atoms with E-state index >= 15 is 0 Å². The van der Waals surface area contributed by atoms with Gasteiger partial charge in [-0.2, -0.15) is 0 Å². The Morgan fingerprint density at radius 3 is 2.79 bits per heavy atom. The van der Waals surface area contributed by atoms with Crippen LogP contribution in [0.15, 0.2) is 28.7 Å². The first kappa shape index (κ1) is 16.1. The third kappa shape index (κ3) is 3.34. The van der Waals surface area contributed by atoms with Gasteiger partial charge in [0, 0.05) is 12.6 Å². The van der Waals surface area contributed by atoms with Crippen LogP contribution in [0.3, 0.4) is 0 Å². The van der Waals surface area contributed by atoms with Crippen molar-refractivity contribution in [1.82, 2.24) is 15.1 Å². The van der Waals surface area contributed by atoms with Crippen LogP contribution in [0, 0.1) is 5.92 Å².